The summed E-state index contributed by atoms with van der Waals surface area (Å²) in [6, 6.07) is 24.8. The van der Waals surface area contributed by atoms with Gasteiger partial charge in [-0.25, -0.2) is 0 Å². The molecule has 0 spiro atoms. The van der Waals surface area contributed by atoms with Crippen LogP contribution in [0, 0.1) is 0 Å². The Hall–Kier alpha value is -2.48. The van der Waals surface area contributed by atoms with Crippen LogP contribution in [0.1, 0.15) is 54.2 Å². The van der Waals surface area contributed by atoms with Crippen molar-refractivity contribution in [3.8, 4) is 5.75 Å². The van der Waals surface area contributed by atoms with E-state index in [2.05, 4.69) is 62.4 Å². The summed E-state index contributed by atoms with van der Waals surface area (Å²) in [5.41, 5.74) is 4.35. The third kappa shape index (κ3) is 5.61. The molecule has 0 radical (unpaired) electrons. The van der Waals surface area contributed by atoms with Crippen LogP contribution >= 0.6 is 8.58 Å². The summed E-state index contributed by atoms with van der Waals surface area (Å²) < 4.78 is 11.4. The predicted octanol–water partition coefficient (Wildman–Crippen LogP) is 6.09. The molecule has 0 N–H and O–H groups in total. The Morgan fingerprint density at radius 1 is 0.968 bits per heavy atom. The van der Waals surface area contributed by atoms with Crippen molar-refractivity contribution in [2.45, 2.75) is 38.8 Å². The first kappa shape index (κ1) is 23.2. The van der Waals surface area contributed by atoms with E-state index in [4.69, 9.17) is 9.47 Å². The van der Waals surface area contributed by atoms with Crippen molar-refractivity contribution in [3.63, 3.8) is 0 Å². The normalized spacial score (nSPS) is 13.3. The number of hydrogen-bond donors (Lipinski definition) is 0. The second-order valence-electron chi connectivity index (χ2n) is 7.92. The molecule has 0 fully saturated rings. The lowest BCUT2D eigenvalue weighted by Crippen LogP contribution is -2.22. The molecular weight excluding hydrogens is 403 g/mol. The maximum atomic E-state index is 12.2. The van der Waals surface area contributed by atoms with E-state index in [1.807, 2.05) is 24.3 Å². The maximum absolute atomic E-state index is 12.2. The lowest BCUT2D eigenvalue weighted by atomic mass is 9.92. The molecule has 0 aliphatic rings. The van der Waals surface area contributed by atoms with Gasteiger partial charge in [-0.2, -0.15) is 0 Å². The van der Waals surface area contributed by atoms with Gasteiger partial charge in [-0.1, -0.05) is 95.2 Å². The molecule has 2 unspecified atom stereocenters. The maximum Gasteiger partial charge on any atom is 0.188 e. The zero-order valence-corrected chi connectivity index (χ0v) is 19.8. The number of ketones is 1. The smallest absolute Gasteiger partial charge is 0.188 e. The molecule has 0 amide bonds. The Morgan fingerprint density at radius 3 is 2.35 bits per heavy atom. The summed E-state index contributed by atoms with van der Waals surface area (Å²) in [5.74, 6) is 1.00. The first-order valence-corrected chi connectivity index (χ1v) is 11.6. The lowest BCUT2D eigenvalue weighted by molar-refractivity contribution is 0.0494. The number of rotatable bonds is 10. The number of benzene rings is 3. The highest BCUT2D eigenvalue weighted by atomic mass is 31.1. The second kappa shape index (κ2) is 10.7. The van der Waals surface area contributed by atoms with Crippen LogP contribution in [0.25, 0.3) is 0 Å². The fourth-order valence-electron chi connectivity index (χ4n) is 3.81. The van der Waals surface area contributed by atoms with Crippen molar-refractivity contribution in [1.82, 2.24) is 0 Å². The summed E-state index contributed by atoms with van der Waals surface area (Å²) in [7, 11) is 2.08. The van der Waals surface area contributed by atoms with Crippen LogP contribution in [0.2, 0.25) is 0 Å². The van der Waals surface area contributed by atoms with Crippen LogP contribution in [-0.4, -0.2) is 19.7 Å². The van der Waals surface area contributed by atoms with Gasteiger partial charge in [0.15, 0.2) is 12.6 Å². The van der Waals surface area contributed by atoms with Gasteiger partial charge in [0.1, 0.15) is 5.75 Å². The zero-order valence-electron chi connectivity index (χ0n) is 18.8. The molecule has 0 aromatic heterocycles. The standard InChI is InChI=1S/C27H31O3P/c1-5-27(3,31-25-17-10-9-15-23(25)20(2)28)24-16-11-14-22(26(24)30-19-29-4)18-21-12-7-6-8-13-21/h6-17,31H,5,18-19H2,1-4H3. The van der Waals surface area contributed by atoms with Crippen molar-refractivity contribution < 1.29 is 14.3 Å². The minimum absolute atomic E-state index is 0.107. The second-order valence-corrected chi connectivity index (χ2v) is 9.81. The summed E-state index contributed by atoms with van der Waals surface area (Å²) in [4.78, 5) is 12.2. The van der Waals surface area contributed by atoms with Crippen molar-refractivity contribution in [1.29, 1.82) is 0 Å². The van der Waals surface area contributed by atoms with E-state index < -0.39 is 0 Å². The topological polar surface area (TPSA) is 35.5 Å². The number of para-hydroxylation sites is 1. The van der Waals surface area contributed by atoms with Gasteiger partial charge in [0, 0.05) is 29.8 Å². The van der Waals surface area contributed by atoms with Gasteiger partial charge in [-0.05, 0) is 29.8 Å². The van der Waals surface area contributed by atoms with Gasteiger partial charge in [-0.15, -0.1) is 0 Å². The molecule has 31 heavy (non-hydrogen) atoms. The highest BCUT2D eigenvalue weighted by molar-refractivity contribution is 7.48. The molecule has 2 atom stereocenters. The van der Waals surface area contributed by atoms with Gasteiger partial charge in [-0.3, -0.25) is 4.79 Å². The van der Waals surface area contributed by atoms with Gasteiger partial charge in [0.2, 0.25) is 0 Å². The van der Waals surface area contributed by atoms with Gasteiger partial charge in [0.05, 0.1) is 0 Å². The average molecular weight is 435 g/mol. The molecule has 0 saturated heterocycles. The zero-order chi connectivity index (χ0) is 22.3. The quantitative estimate of drug-likeness (QED) is 0.220. The van der Waals surface area contributed by atoms with Gasteiger partial charge < -0.3 is 9.47 Å². The number of hydrogen-bond acceptors (Lipinski definition) is 3. The van der Waals surface area contributed by atoms with E-state index in [1.165, 1.54) is 5.56 Å². The lowest BCUT2D eigenvalue weighted by Gasteiger charge is -2.32. The van der Waals surface area contributed by atoms with E-state index in [9.17, 15) is 4.79 Å². The molecule has 0 saturated carbocycles. The van der Waals surface area contributed by atoms with Crippen LogP contribution < -0.4 is 10.0 Å². The van der Waals surface area contributed by atoms with E-state index in [0.717, 1.165) is 40.6 Å². The third-order valence-electron chi connectivity index (χ3n) is 5.67. The fourth-order valence-corrected chi connectivity index (χ4v) is 5.48. The predicted molar refractivity (Wildman–Crippen MR) is 130 cm³/mol. The van der Waals surface area contributed by atoms with Crippen molar-refractivity contribution in [2.24, 2.45) is 0 Å². The van der Waals surface area contributed by atoms with Crippen LogP contribution in [0.4, 0.5) is 0 Å². The largest absolute Gasteiger partial charge is 0.467 e. The first-order valence-electron chi connectivity index (χ1n) is 10.6. The van der Waals surface area contributed by atoms with E-state index in [0.29, 0.717) is 8.58 Å². The number of ether oxygens (including phenoxy) is 2. The van der Waals surface area contributed by atoms with Crippen LogP contribution in [0.3, 0.4) is 0 Å². The van der Waals surface area contributed by atoms with Gasteiger partial charge in [0.25, 0.3) is 0 Å². The van der Waals surface area contributed by atoms with Crippen LogP contribution in [0.15, 0.2) is 72.8 Å². The molecule has 0 bridgehead atoms. The highest BCUT2D eigenvalue weighted by Crippen LogP contribution is 2.48. The summed E-state index contributed by atoms with van der Waals surface area (Å²) >= 11 is 0. The third-order valence-corrected chi connectivity index (χ3v) is 7.55. The number of carbonyl (C=O) groups is 1. The molecule has 162 valence electrons. The Bertz CT molecular complexity index is 1020. The molecule has 0 heterocycles. The molecule has 4 heteroatoms. The van der Waals surface area contributed by atoms with Crippen molar-refractivity contribution in [3.05, 3.63) is 95.1 Å². The minimum Gasteiger partial charge on any atom is -0.467 e. The monoisotopic (exact) mass is 434 g/mol. The molecule has 0 aliphatic heterocycles. The molecule has 0 aliphatic carbocycles. The molecule has 3 rings (SSSR count). The molecule has 3 aromatic carbocycles. The van der Waals surface area contributed by atoms with Crippen molar-refractivity contribution >= 4 is 19.7 Å². The van der Waals surface area contributed by atoms with E-state index >= 15 is 0 Å². The Balaban J connectivity index is 2.05. The SMILES string of the molecule is CCC(C)(Pc1ccccc1C(C)=O)c1cccc(Cc2ccccc2)c1OCOC. The highest BCUT2D eigenvalue weighted by Gasteiger charge is 2.31. The van der Waals surface area contributed by atoms with Gasteiger partial charge >= 0.3 is 0 Å². The van der Waals surface area contributed by atoms with E-state index in [1.54, 1.807) is 14.0 Å². The molecular formula is C27H31O3P. The van der Waals surface area contributed by atoms with E-state index in [-0.39, 0.29) is 17.7 Å². The summed E-state index contributed by atoms with van der Waals surface area (Å²) in [6.45, 7) is 6.31. The number of carbonyl (C=O) groups excluding carboxylic acids is 1. The first-order chi connectivity index (χ1) is 15.0. The number of Topliss-reactive ketones (excluding diaryl/α,β-unsaturated/α-hetero) is 1. The fraction of sp³-hybridized carbons (Fsp3) is 0.296. The Morgan fingerprint density at radius 2 is 1.68 bits per heavy atom. The minimum atomic E-state index is -0.165. The van der Waals surface area contributed by atoms with Crippen LogP contribution in [0.5, 0.6) is 5.75 Å². The van der Waals surface area contributed by atoms with Crippen LogP contribution in [-0.2, 0) is 16.3 Å². The molecule has 3 nitrogen and oxygen atoms in total. The molecule has 3 aromatic rings. The average Bonchev–Trinajstić information content (AvgIpc) is 2.79. The Labute approximate surface area is 187 Å². The summed E-state index contributed by atoms with van der Waals surface area (Å²) in [5, 5.41) is 0.937. The summed E-state index contributed by atoms with van der Waals surface area (Å²) in [6.07, 6.45) is 1.72. The number of methoxy groups -OCH3 is 1. The van der Waals surface area contributed by atoms with Crippen molar-refractivity contribution in [2.75, 3.05) is 13.9 Å². The Kier molecular flexibility index (Phi) is 8.01.